The summed E-state index contributed by atoms with van der Waals surface area (Å²) in [6, 6.07) is 15.9. The van der Waals surface area contributed by atoms with Crippen molar-refractivity contribution in [3.63, 3.8) is 0 Å². The minimum atomic E-state index is -0.0562. The van der Waals surface area contributed by atoms with Crippen LogP contribution in [0.25, 0.3) is 11.0 Å². The van der Waals surface area contributed by atoms with Crippen LogP contribution in [0.3, 0.4) is 0 Å². The fraction of sp³-hybridized carbons (Fsp3) is 0.423. The molecule has 1 heterocycles. The van der Waals surface area contributed by atoms with E-state index in [1.165, 1.54) is 19.3 Å². The van der Waals surface area contributed by atoms with E-state index in [-0.39, 0.29) is 11.5 Å². The van der Waals surface area contributed by atoms with Crippen LogP contribution in [0, 0.1) is 0 Å². The smallest absolute Gasteiger partial charge is 0.196 e. The van der Waals surface area contributed by atoms with Gasteiger partial charge in [0.2, 0.25) is 0 Å². The van der Waals surface area contributed by atoms with E-state index in [0.29, 0.717) is 16.9 Å². The van der Waals surface area contributed by atoms with E-state index in [2.05, 4.69) is 31.1 Å². The first-order valence-electron chi connectivity index (χ1n) is 11.0. The molecule has 0 amide bonds. The van der Waals surface area contributed by atoms with Gasteiger partial charge < -0.3 is 14.1 Å². The van der Waals surface area contributed by atoms with Crippen molar-refractivity contribution in [2.24, 2.45) is 0 Å². The van der Waals surface area contributed by atoms with Gasteiger partial charge in [-0.2, -0.15) is 0 Å². The summed E-state index contributed by atoms with van der Waals surface area (Å²) in [5.74, 6) is 1.06. The molecule has 4 rings (SSSR count). The van der Waals surface area contributed by atoms with Crippen LogP contribution >= 0.6 is 0 Å². The second-order valence-electron chi connectivity index (χ2n) is 8.62. The molecule has 4 heteroatoms. The SMILES string of the molecule is CN(C)CCC(Oc1ccc2c(=O)c(C3CCCCC3)coc2c1)c1ccccc1. The van der Waals surface area contributed by atoms with E-state index in [9.17, 15) is 4.79 Å². The Morgan fingerprint density at radius 1 is 1.07 bits per heavy atom. The topological polar surface area (TPSA) is 42.7 Å². The molecule has 3 aromatic rings. The highest BCUT2D eigenvalue weighted by Crippen LogP contribution is 2.33. The van der Waals surface area contributed by atoms with Crippen molar-refractivity contribution in [2.45, 2.75) is 50.5 Å². The molecule has 0 aliphatic heterocycles. The maximum Gasteiger partial charge on any atom is 0.196 e. The number of nitrogens with zero attached hydrogens (tertiary/aromatic N) is 1. The first-order chi connectivity index (χ1) is 14.6. The van der Waals surface area contributed by atoms with Crippen LogP contribution in [0.1, 0.15) is 61.7 Å². The highest BCUT2D eigenvalue weighted by Gasteiger charge is 2.21. The molecule has 1 aliphatic rings. The summed E-state index contributed by atoms with van der Waals surface area (Å²) in [6.07, 6.45) is 8.34. The van der Waals surface area contributed by atoms with Gasteiger partial charge in [-0.05, 0) is 50.6 Å². The van der Waals surface area contributed by atoms with Crippen molar-refractivity contribution in [1.82, 2.24) is 4.90 Å². The minimum Gasteiger partial charge on any atom is -0.486 e. The lowest BCUT2D eigenvalue weighted by molar-refractivity contribution is 0.179. The zero-order valence-electron chi connectivity index (χ0n) is 18.0. The van der Waals surface area contributed by atoms with Crippen LogP contribution in [-0.4, -0.2) is 25.5 Å². The monoisotopic (exact) mass is 405 g/mol. The molecule has 2 aromatic carbocycles. The van der Waals surface area contributed by atoms with Gasteiger partial charge in [-0.3, -0.25) is 4.79 Å². The van der Waals surface area contributed by atoms with Crippen LogP contribution in [0.2, 0.25) is 0 Å². The molecule has 1 aliphatic carbocycles. The van der Waals surface area contributed by atoms with Crippen LogP contribution < -0.4 is 10.2 Å². The van der Waals surface area contributed by atoms with Gasteiger partial charge in [0.25, 0.3) is 0 Å². The summed E-state index contributed by atoms with van der Waals surface area (Å²) >= 11 is 0. The van der Waals surface area contributed by atoms with Crippen LogP contribution in [-0.2, 0) is 0 Å². The van der Waals surface area contributed by atoms with Gasteiger partial charge in [-0.25, -0.2) is 0 Å². The molecule has 0 radical (unpaired) electrons. The van der Waals surface area contributed by atoms with E-state index in [1.54, 1.807) is 6.26 Å². The van der Waals surface area contributed by atoms with Crippen LogP contribution in [0.5, 0.6) is 5.75 Å². The standard InChI is InChI=1S/C26H31NO3/c1-27(2)16-15-24(20-11-7-4-8-12-20)30-21-13-14-22-25(17-21)29-18-23(26(22)28)19-9-5-3-6-10-19/h4,7-8,11-14,17-19,24H,3,5-6,9-10,15-16H2,1-2H3. The van der Waals surface area contributed by atoms with Crippen LogP contribution in [0.15, 0.2) is 64.0 Å². The summed E-state index contributed by atoms with van der Waals surface area (Å²) in [5, 5.41) is 0.648. The minimum absolute atomic E-state index is 0.0562. The molecule has 1 saturated carbocycles. The highest BCUT2D eigenvalue weighted by molar-refractivity contribution is 5.78. The van der Waals surface area contributed by atoms with Crippen molar-refractivity contribution in [2.75, 3.05) is 20.6 Å². The van der Waals surface area contributed by atoms with Gasteiger partial charge in [-0.1, -0.05) is 49.6 Å². The van der Waals surface area contributed by atoms with Crippen molar-refractivity contribution in [3.8, 4) is 5.75 Å². The highest BCUT2D eigenvalue weighted by atomic mass is 16.5. The predicted octanol–water partition coefficient (Wildman–Crippen LogP) is 5.91. The zero-order chi connectivity index (χ0) is 20.9. The Balaban J connectivity index is 1.59. The summed E-state index contributed by atoms with van der Waals surface area (Å²) in [7, 11) is 4.13. The second-order valence-corrected chi connectivity index (χ2v) is 8.62. The average Bonchev–Trinajstić information content (AvgIpc) is 2.78. The number of hydrogen-bond donors (Lipinski definition) is 0. The van der Waals surface area contributed by atoms with Crippen molar-refractivity contribution < 1.29 is 9.15 Å². The number of ether oxygens (including phenoxy) is 1. The second kappa shape index (κ2) is 9.48. The Morgan fingerprint density at radius 2 is 1.83 bits per heavy atom. The summed E-state index contributed by atoms with van der Waals surface area (Å²) in [4.78, 5) is 15.2. The van der Waals surface area contributed by atoms with E-state index in [1.807, 2.05) is 36.4 Å². The maximum absolute atomic E-state index is 13.1. The van der Waals surface area contributed by atoms with Gasteiger partial charge in [0.15, 0.2) is 5.43 Å². The molecule has 0 N–H and O–H groups in total. The number of hydrogen-bond acceptors (Lipinski definition) is 4. The Labute approximate surface area is 178 Å². The van der Waals surface area contributed by atoms with E-state index in [0.717, 1.165) is 42.7 Å². The largest absolute Gasteiger partial charge is 0.486 e. The quantitative estimate of drug-likeness (QED) is 0.490. The normalized spacial score (nSPS) is 16.1. The fourth-order valence-electron chi connectivity index (χ4n) is 4.39. The number of benzene rings is 2. The van der Waals surface area contributed by atoms with Gasteiger partial charge >= 0.3 is 0 Å². The molecule has 30 heavy (non-hydrogen) atoms. The molecule has 0 bridgehead atoms. The lowest BCUT2D eigenvalue weighted by atomic mass is 9.84. The van der Waals surface area contributed by atoms with Crippen molar-refractivity contribution in [3.05, 3.63) is 76.1 Å². The van der Waals surface area contributed by atoms with Crippen molar-refractivity contribution >= 4 is 11.0 Å². The van der Waals surface area contributed by atoms with Gasteiger partial charge in [0.1, 0.15) is 17.4 Å². The Hall–Kier alpha value is -2.59. The predicted molar refractivity (Wildman–Crippen MR) is 121 cm³/mol. The molecule has 1 atom stereocenters. The molecule has 1 aromatic heterocycles. The Bertz CT molecular complexity index is 1020. The molecule has 1 fully saturated rings. The van der Waals surface area contributed by atoms with E-state index < -0.39 is 0 Å². The zero-order valence-corrected chi connectivity index (χ0v) is 18.0. The first kappa shape index (κ1) is 20.7. The summed E-state index contributed by atoms with van der Waals surface area (Å²) in [5.41, 5.74) is 2.69. The van der Waals surface area contributed by atoms with E-state index in [4.69, 9.17) is 9.15 Å². The third-order valence-electron chi connectivity index (χ3n) is 6.11. The Kier molecular flexibility index (Phi) is 6.53. The Morgan fingerprint density at radius 3 is 2.57 bits per heavy atom. The molecule has 4 nitrogen and oxygen atoms in total. The lowest BCUT2D eigenvalue weighted by Crippen LogP contribution is -2.19. The first-order valence-corrected chi connectivity index (χ1v) is 11.0. The molecule has 0 spiro atoms. The average molecular weight is 406 g/mol. The van der Waals surface area contributed by atoms with Gasteiger partial charge in [0, 0.05) is 24.6 Å². The summed E-state index contributed by atoms with van der Waals surface area (Å²) in [6.45, 7) is 0.924. The lowest BCUT2D eigenvalue weighted by Gasteiger charge is -2.22. The third-order valence-corrected chi connectivity index (χ3v) is 6.11. The number of fused-ring (bicyclic) bond motifs is 1. The molecule has 0 saturated heterocycles. The van der Waals surface area contributed by atoms with Crippen LogP contribution in [0.4, 0.5) is 0 Å². The molecule has 1 unspecified atom stereocenters. The van der Waals surface area contributed by atoms with Gasteiger partial charge in [0.05, 0.1) is 11.6 Å². The third kappa shape index (κ3) is 4.76. The van der Waals surface area contributed by atoms with Crippen molar-refractivity contribution in [1.29, 1.82) is 0 Å². The van der Waals surface area contributed by atoms with E-state index >= 15 is 0 Å². The van der Waals surface area contributed by atoms with Gasteiger partial charge in [-0.15, -0.1) is 0 Å². The number of rotatable bonds is 7. The molecule has 158 valence electrons. The summed E-state index contributed by atoms with van der Waals surface area (Å²) < 4.78 is 12.3. The molecular weight excluding hydrogens is 374 g/mol. The maximum atomic E-state index is 13.1. The fourth-order valence-corrected chi connectivity index (χ4v) is 4.39. The molecular formula is C26H31NO3.